The van der Waals surface area contributed by atoms with Crippen LogP contribution in [0.4, 0.5) is 0 Å². The van der Waals surface area contributed by atoms with E-state index >= 15 is 0 Å². The van der Waals surface area contributed by atoms with E-state index in [1.54, 1.807) is 12.3 Å². The summed E-state index contributed by atoms with van der Waals surface area (Å²) >= 11 is 12.0. The second-order valence-corrected chi connectivity index (χ2v) is 6.02. The Kier molecular flexibility index (Phi) is 4.13. The zero-order valence-corrected chi connectivity index (χ0v) is 12.7. The van der Waals surface area contributed by atoms with Gasteiger partial charge in [-0.25, -0.2) is 0 Å². The Morgan fingerprint density at radius 2 is 2.00 bits per heavy atom. The number of benzene rings is 1. The van der Waals surface area contributed by atoms with E-state index in [0.717, 1.165) is 17.7 Å². The lowest BCUT2D eigenvalue weighted by Gasteiger charge is -2.32. The molecule has 1 aromatic carbocycles. The van der Waals surface area contributed by atoms with Gasteiger partial charge in [0.2, 0.25) is 5.91 Å². The van der Waals surface area contributed by atoms with Crippen molar-refractivity contribution in [1.82, 2.24) is 10.3 Å². The lowest BCUT2D eigenvalue weighted by molar-refractivity contribution is -0.123. The minimum Gasteiger partial charge on any atom is -0.347 e. The molecule has 1 aliphatic heterocycles. The van der Waals surface area contributed by atoms with Gasteiger partial charge in [0.15, 0.2) is 0 Å². The maximum atomic E-state index is 11.8. The molecule has 3 nitrogen and oxygen atoms in total. The molecule has 1 unspecified atom stereocenters. The molecule has 0 saturated carbocycles. The van der Waals surface area contributed by atoms with Crippen molar-refractivity contribution in [3.63, 3.8) is 0 Å². The third-order valence-corrected chi connectivity index (χ3v) is 4.21. The molecule has 0 bridgehead atoms. The van der Waals surface area contributed by atoms with Gasteiger partial charge in [-0.05, 0) is 36.2 Å². The van der Waals surface area contributed by atoms with Gasteiger partial charge in [-0.3, -0.25) is 9.78 Å². The van der Waals surface area contributed by atoms with Crippen LogP contribution in [0.15, 0.2) is 42.6 Å². The van der Waals surface area contributed by atoms with E-state index < -0.39 is 0 Å². The van der Waals surface area contributed by atoms with Crippen molar-refractivity contribution in [2.45, 2.75) is 24.8 Å². The van der Waals surface area contributed by atoms with Crippen LogP contribution in [0, 0.1) is 0 Å². The van der Waals surface area contributed by atoms with Gasteiger partial charge in [0.25, 0.3) is 0 Å². The summed E-state index contributed by atoms with van der Waals surface area (Å²) in [6.07, 6.45) is 2.90. The van der Waals surface area contributed by atoms with Gasteiger partial charge in [-0.15, -0.1) is 0 Å². The zero-order chi connectivity index (χ0) is 14.8. The minimum atomic E-state index is -0.151. The Balaban J connectivity index is 1.96. The molecule has 3 rings (SSSR count). The maximum absolute atomic E-state index is 11.8. The van der Waals surface area contributed by atoms with Crippen LogP contribution in [-0.2, 0) is 4.79 Å². The number of hydrogen-bond donors (Lipinski definition) is 1. The lowest BCUT2D eigenvalue weighted by Crippen LogP contribution is -2.37. The molecule has 1 amide bonds. The molecule has 0 radical (unpaired) electrons. The summed E-state index contributed by atoms with van der Waals surface area (Å²) in [6, 6.07) is 11.3. The monoisotopic (exact) mass is 320 g/mol. The second-order valence-electron chi connectivity index (χ2n) is 5.15. The summed E-state index contributed by atoms with van der Waals surface area (Å²) in [4.78, 5) is 16.1. The number of piperidine rings is 1. The average molecular weight is 321 g/mol. The highest BCUT2D eigenvalue weighted by Crippen LogP contribution is 2.37. The van der Waals surface area contributed by atoms with Crippen LogP contribution in [0.5, 0.6) is 0 Å². The van der Waals surface area contributed by atoms with Gasteiger partial charge in [-0.1, -0.05) is 35.3 Å². The zero-order valence-electron chi connectivity index (χ0n) is 11.2. The van der Waals surface area contributed by atoms with Crippen molar-refractivity contribution in [1.29, 1.82) is 0 Å². The first-order chi connectivity index (χ1) is 10.1. The number of nitrogens with one attached hydrogen (secondary N) is 1. The van der Waals surface area contributed by atoms with Gasteiger partial charge in [0.05, 0.1) is 16.8 Å². The summed E-state index contributed by atoms with van der Waals surface area (Å²) < 4.78 is 0. The molecular weight excluding hydrogens is 307 g/mol. The van der Waals surface area contributed by atoms with Crippen LogP contribution in [0.25, 0.3) is 0 Å². The topological polar surface area (TPSA) is 42.0 Å². The number of carbonyl (C=O) groups excluding carboxylic acids is 1. The Bertz CT molecular complexity index is 658. The van der Waals surface area contributed by atoms with Gasteiger partial charge in [-0.2, -0.15) is 0 Å². The number of carbonyl (C=O) groups is 1. The molecule has 1 aromatic heterocycles. The Morgan fingerprint density at radius 3 is 2.71 bits per heavy atom. The number of halogens is 2. The molecular formula is C16H14Cl2N2O. The van der Waals surface area contributed by atoms with E-state index in [-0.39, 0.29) is 17.9 Å². The van der Waals surface area contributed by atoms with E-state index in [4.69, 9.17) is 23.2 Å². The van der Waals surface area contributed by atoms with Crippen LogP contribution < -0.4 is 5.32 Å². The third-order valence-electron chi connectivity index (χ3n) is 3.75. The van der Waals surface area contributed by atoms with Crippen LogP contribution >= 0.6 is 23.2 Å². The molecule has 2 heterocycles. The lowest BCUT2D eigenvalue weighted by atomic mass is 9.83. The van der Waals surface area contributed by atoms with Crippen molar-refractivity contribution in [2.75, 3.05) is 0 Å². The molecule has 1 N–H and O–H groups in total. The van der Waals surface area contributed by atoms with Gasteiger partial charge < -0.3 is 5.32 Å². The summed E-state index contributed by atoms with van der Waals surface area (Å²) in [6.45, 7) is 0. The molecule has 21 heavy (non-hydrogen) atoms. The number of aromatic nitrogens is 1. The molecule has 108 valence electrons. The predicted octanol–water partition coefficient (Wildman–Crippen LogP) is 4.12. The molecule has 0 aliphatic carbocycles. The SMILES string of the molecule is O=C1CCC(c2cccc(Cl)c2)[C@@H](c2ccc(Cl)cn2)N1. The van der Waals surface area contributed by atoms with E-state index in [0.29, 0.717) is 16.5 Å². The molecule has 5 heteroatoms. The summed E-state index contributed by atoms with van der Waals surface area (Å²) in [5.74, 6) is 0.213. The summed E-state index contributed by atoms with van der Waals surface area (Å²) in [5, 5.41) is 4.32. The molecule has 2 aromatic rings. The maximum Gasteiger partial charge on any atom is 0.220 e. The molecule has 1 saturated heterocycles. The number of pyridine rings is 1. The number of amides is 1. The van der Waals surface area contributed by atoms with Crippen molar-refractivity contribution >= 4 is 29.1 Å². The molecule has 1 aliphatic rings. The van der Waals surface area contributed by atoms with E-state index in [2.05, 4.69) is 10.3 Å². The molecule has 2 atom stereocenters. The van der Waals surface area contributed by atoms with Crippen molar-refractivity contribution < 1.29 is 4.79 Å². The fraction of sp³-hybridized carbons (Fsp3) is 0.250. The Morgan fingerprint density at radius 1 is 1.14 bits per heavy atom. The number of hydrogen-bond acceptors (Lipinski definition) is 2. The second kappa shape index (κ2) is 6.04. The van der Waals surface area contributed by atoms with Crippen LogP contribution in [0.2, 0.25) is 10.0 Å². The normalized spacial score (nSPS) is 21.9. The minimum absolute atomic E-state index is 0.0510. The van der Waals surface area contributed by atoms with Gasteiger partial charge in [0.1, 0.15) is 0 Å². The molecule has 1 fully saturated rings. The van der Waals surface area contributed by atoms with E-state index in [1.165, 1.54) is 0 Å². The highest BCUT2D eigenvalue weighted by Gasteiger charge is 2.31. The highest BCUT2D eigenvalue weighted by molar-refractivity contribution is 6.30. The average Bonchev–Trinajstić information content (AvgIpc) is 2.48. The number of rotatable bonds is 2. The summed E-state index contributed by atoms with van der Waals surface area (Å²) in [5.41, 5.74) is 1.93. The first-order valence-corrected chi connectivity index (χ1v) is 7.55. The summed E-state index contributed by atoms with van der Waals surface area (Å²) in [7, 11) is 0. The predicted molar refractivity (Wildman–Crippen MR) is 83.6 cm³/mol. The van der Waals surface area contributed by atoms with E-state index in [1.807, 2.05) is 30.3 Å². The van der Waals surface area contributed by atoms with Crippen molar-refractivity contribution in [3.05, 3.63) is 63.9 Å². The van der Waals surface area contributed by atoms with Crippen LogP contribution in [0.1, 0.15) is 36.1 Å². The largest absolute Gasteiger partial charge is 0.347 e. The van der Waals surface area contributed by atoms with Crippen LogP contribution in [0.3, 0.4) is 0 Å². The number of nitrogens with zero attached hydrogens (tertiary/aromatic N) is 1. The smallest absolute Gasteiger partial charge is 0.220 e. The Hall–Kier alpha value is -1.58. The van der Waals surface area contributed by atoms with Crippen molar-refractivity contribution in [2.24, 2.45) is 0 Å². The molecule has 0 spiro atoms. The first-order valence-electron chi connectivity index (χ1n) is 6.80. The van der Waals surface area contributed by atoms with Gasteiger partial charge >= 0.3 is 0 Å². The Labute approximate surface area is 133 Å². The fourth-order valence-electron chi connectivity index (χ4n) is 2.75. The van der Waals surface area contributed by atoms with Crippen molar-refractivity contribution in [3.8, 4) is 0 Å². The first kappa shape index (κ1) is 14.4. The van der Waals surface area contributed by atoms with Crippen LogP contribution in [-0.4, -0.2) is 10.9 Å². The highest BCUT2D eigenvalue weighted by atomic mass is 35.5. The van der Waals surface area contributed by atoms with Gasteiger partial charge in [0, 0.05) is 23.6 Å². The van der Waals surface area contributed by atoms with E-state index in [9.17, 15) is 4.79 Å². The standard InChI is InChI=1S/C16H14Cl2N2O/c17-11-3-1-2-10(8-11)13-5-7-15(21)20-16(13)14-6-4-12(18)9-19-14/h1-4,6,8-9,13,16H,5,7H2,(H,20,21)/t13?,16-/m0/s1. The third kappa shape index (κ3) is 3.20. The quantitative estimate of drug-likeness (QED) is 0.904. The fourth-order valence-corrected chi connectivity index (χ4v) is 3.06.